The third-order valence-electron chi connectivity index (χ3n) is 3.39. The summed E-state index contributed by atoms with van der Waals surface area (Å²) in [6.07, 6.45) is 0.488. The second-order valence-corrected chi connectivity index (χ2v) is 6.59. The lowest BCUT2D eigenvalue weighted by atomic mass is 10.1. The van der Waals surface area contributed by atoms with Crippen molar-refractivity contribution in [2.24, 2.45) is 0 Å². The summed E-state index contributed by atoms with van der Waals surface area (Å²) in [6.45, 7) is 8.77. The number of rotatable bonds is 8. The van der Waals surface area contributed by atoms with Crippen molar-refractivity contribution in [1.82, 2.24) is 10.6 Å². The van der Waals surface area contributed by atoms with E-state index in [-0.39, 0.29) is 6.04 Å². The van der Waals surface area contributed by atoms with Gasteiger partial charge in [-0.25, -0.2) is 4.79 Å². The van der Waals surface area contributed by atoms with Crippen molar-refractivity contribution in [1.29, 1.82) is 0 Å². The molecule has 0 aliphatic heterocycles. The van der Waals surface area contributed by atoms with Gasteiger partial charge in [0.15, 0.2) is 0 Å². The van der Waals surface area contributed by atoms with Crippen molar-refractivity contribution in [3.63, 3.8) is 0 Å². The zero-order chi connectivity index (χ0) is 18.2. The second kappa shape index (κ2) is 9.37. The Hall–Kier alpha value is -1.95. The van der Waals surface area contributed by atoms with E-state index in [1.54, 1.807) is 14.2 Å². The van der Waals surface area contributed by atoms with Crippen LogP contribution in [-0.4, -0.2) is 38.5 Å². The molecule has 1 amide bonds. The maximum atomic E-state index is 11.7. The minimum absolute atomic E-state index is 0.148. The quantitative estimate of drug-likeness (QED) is 0.762. The number of amides is 1. The Labute approximate surface area is 144 Å². The van der Waals surface area contributed by atoms with Gasteiger partial charge < -0.3 is 24.8 Å². The number of carbonyl (C=O) groups is 1. The molecule has 0 radical (unpaired) electrons. The zero-order valence-corrected chi connectivity index (χ0v) is 15.6. The maximum Gasteiger partial charge on any atom is 0.407 e. The fraction of sp³-hybridized carbons (Fsp3) is 0.611. The largest absolute Gasteiger partial charge is 0.497 e. The maximum absolute atomic E-state index is 11.7. The highest BCUT2D eigenvalue weighted by atomic mass is 16.6. The fourth-order valence-electron chi connectivity index (χ4n) is 2.11. The minimum Gasteiger partial charge on any atom is -0.497 e. The molecule has 0 fully saturated rings. The highest BCUT2D eigenvalue weighted by Crippen LogP contribution is 2.22. The van der Waals surface area contributed by atoms with Crippen LogP contribution in [0.1, 0.15) is 39.7 Å². The predicted octanol–water partition coefficient (Wildman–Crippen LogP) is 3.10. The van der Waals surface area contributed by atoms with Crippen LogP contribution in [0.5, 0.6) is 11.5 Å². The molecule has 0 bridgehead atoms. The Morgan fingerprint density at radius 2 is 1.71 bits per heavy atom. The van der Waals surface area contributed by atoms with Gasteiger partial charge in [-0.15, -0.1) is 0 Å². The van der Waals surface area contributed by atoms with Crippen molar-refractivity contribution < 1.29 is 19.0 Å². The smallest absolute Gasteiger partial charge is 0.407 e. The topological polar surface area (TPSA) is 68.8 Å². The zero-order valence-electron chi connectivity index (χ0n) is 15.6. The predicted molar refractivity (Wildman–Crippen MR) is 94.7 cm³/mol. The molecule has 2 N–H and O–H groups in total. The number of alkyl carbamates (subject to hydrolysis) is 1. The first-order chi connectivity index (χ1) is 11.3. The molecule has 6 nitrogen and oxygen atoms in total. The van der Waals surface area contributed by atoms with E-state index in [4.69, 9.17) is 14.2 Å². The van der Waals surface area contributed by atoms with Crippen LogP contribution in [0.3, 0.4) is 0 Å². The van der Waals surface area contributed by atoms with Crippen molar-refractivity contribution >= 4 is 6.09 Å². The molecule has 0 aliphatic rings. The summed E-state index contributed by atoms with van der Waals surface area (Å²) in [7, 11) is 3.26. The number of ether oxygens (including phenoxy) is 3. The Morgan fingerprint density at radius 1 is 1.12 bits per heavy atom. The third kappa shape index (κ3) is 7.55. The van der Waals surface area contributed by atoms with Gasteiger partial charge in [0, 0.05) is 25.2 Å². The van der Waals surface area contributed by atoms with Gasteiger partial charge in [-0.1, -0.05) is 6.92 Å². The van der Waals surface area contributed by atoms with Crippen LogP contribution in [0.25, 0.3) is 0 Å². The standard InChI is InChI=1S/C18H30N2O4/c1-7-14(12-20-17(21)24-18(2,3)4)19-11-13-8-15(22-5)10-16(9-13)23-6/h8-10,14,19H,7,11-12H2,1-6H3,(H,20,21). The molecule has 1 rings (SSSR count). The Kier molecular flexibility index (Phi) is 7.85. The van der Waals surface area contributed by atoms with E-state index in [1.165, 1.54) is 0 Å². The molecule has 0 aromatic heterocycles. The Bertz CT molecular complexity index is 504. The molecule has 1 aromatic carbocycles. The molecule has 1 atom stereocenters. The third-order valence-corrected chi connectivity index (χ3v) is 3.39. The van der Waals surface area contributed by atoms with Gasteiger partial charge in [0.25, 0.3) is 0 Å². The lowest BCUT2D eigenvalue weighted by Gasteiger charge is -2.22. The summed E-state index contributed by atoms with van der Waals surface area (Å²) in [5.74, 6) is 1.51. The van der Waals surface area contributed by atoms with Crippen LogP contribution in [0.15, 0.2) is 18.2 Å². The number of benzene rings is 1. The Balaban J connectivity index is 2.53. The summed E-state index contributed by atoms with van der Waals surface area (Å²) in [6, 6.07) is 5.91. The van der Waals surface area contributed by atoms with Crippen LogP contribution in [0.2, 0.25) is 0 Å². The van der Waals surface area contributed by atoms with Crippen LogP contribution in [0.4, 0.5) is 4.79 Å². The van der Waals surface area contributed by atoms with Gasteiger partial charge in [-0.3, -0.25) is 0 Å². The molecular weight excluding hydrogens is 308 g/mol. The number of hydrogen-bond donors (Lipinski definition) is 2. The van der Waals surface area contributed by atoms with E-state index in [0.717, 1.165) is 23.5 Å². The highest BCUT2D eigenvalue weighted by molar-refractivity contribution is 5.67. The average molecular weight is 338 g/mol. The van der Waals surface area contributed by atoms with Gasteiger partial charge in [0.2, 0.25) is 0 Å². The van der Waals surface area contributed by atoms with E-state index in [2.05, 4.69) is 17.6 Å². The van der Waals surface area contributed by atoms with Crippen molar-refractivity contribution in [2.45, 2.75) is 52.3 Å². The number of nitrogens with one attached hydrogen (secondary N) is 2. The Morgan fingerprint density at radius 3 is 2.17 bits per heavy atom. The molecular formula is C18H30N2O4. The monoisotopic (exact) mass is 338 g/mol. The highest BCUT2D eigenvalue weighted by Gasteiger charge is 2.17. The molecule has 1 aromatic rings. The molecule has 0 saturated heterocycles. The second-order valence-electron chi connectivity index (χ2n) is 6.59. The number of hydrogen-bond acceptors (Lipinski definition) is 5. The summed E-state index contributed by atoms with van der Waals surface area (Å²) in [5.41, 5.74) is 0.568. The molecule has 136 valence electrons. The summed E-state index contributed by atoms with van der Waals surface area (Å²) < 4.78 is 15.8. The first-order valence-electron chi connectivity index (χ1n) is 8.19. The van der Waals surface area contributed by atoms with Crippen molar-refractivity contribution in [3.05, 3.63) is 23.8 Å². The van der Waals surface area contributed by atoms with E-state index in [0.29, 0.717) is 13.1 Å². The van der Waals surface area contributed by atoms with E-state index >= 15 is 0 Å². The summed E-state index contributed by atoms with van der Waals surface area (Å²) in [5, 5.41) is 6.22. The van der Waals surface area contributed by atoms with Gasteiger partial charge >= 0.3 is 6.09 Å². The number of methoxy groups -OCH3 is 2. The van der Waals surface area contributed by atoms with Crippen LogP contribution < -0.4 is 20.1 Å². The van der Waals surface area contributed by atoms with Gasteiger partial charge in [0.05, 0.1) is 14.2 Å². The van der Waals surface area contributed by atoms with Gasteiger partial charge in [0.1, 0.15) is 17.1 Å². The molecule has 6 heteroatoms. The first kappa shape index (κ1) is 20.1. The van der Waals surface area contributed by atoms with Crippen molar-refractivity contribution in [3.8, 4) is 11.5 Å². The van der Waals surface area contributed by atoms with E-state index in [9.17, 15) is 4.79 Å². The normalized spacial score (nSPS) is 12.4. The van der Waals surface area contributed by atoms with Crippen molar-refractivity contribution in [2.75, 3.05) is 20.8 Å². The molecule has 1 unspecified atom stereocenters. The number of carbonyl (C=O) groups excluding carboxylic acids is 1. The molecule has 24 heavy (non-hydrogen) atoms. The molecule has 0 spiro atoms. The lowest BCUT2D eigenvalue weighted by molar-refractivity contribution is 0.0522. The molecule has 0 heterocycles. The lowest BCUT2D eigenvalue weighted by Crippen LogP contribution is -2.42. The van der Waals surface area contributed by atoms with Crippen LogP contribution >= 0.6 is 0 Å². The van der Waals surface area contributed by atoms with E-state index in [1.807, 2.05) is 39.0 Å². The van der Waals surface area contributed by atoms with E-state index < -0.39 is 11.7 Å². The first-order valence-corrected chi connectivity index (χ1v) is 8.19. The SMILES string of the molecule is CCC(CNC(=O)OC(C)(C)C)NCc1cc(OC)cc(OC)c1. The average Bonchev–Trinajstić information content (AvgIpc) is 2.52. The minimum atomic E-state index is -0.490. The van der Waals surface area contributed by atoms with Gasteiger partial charge in [-0.05, 0) is 44.9 Å². The molecule has 0 saturated carbocycles. The molecule has 0 aliphatic carbocycles. The van der Waals surface area contributed by atoms with Crippen LogP contribution in [0, 0.1) is 0 Å². The summed E-state index contributed by atoms with van der Waals surface area (Å²) >= 11 is 0. The fourth-order valence-corrected chi connectivity index (χ4v) is 2.11. The van der Waals surface area contributed by atoms with Crippen LogP contribution in [-0.2, 0) is 11.3 Å². The summed E-state index contributed by atoms with van der Waals surface area (Å²) in [4.78, 5) is 11.7. The van der Waals surface area contributed by atoms with Gasteiger partial charge in [-0.2, -0.15) is 0 Å².